The van der Waals surface area contributed by atoms with Crippen molar-refractivity contribution in [1.29, 1.82) is 0 Å². The summed E-state index contributed by atoms with van der Waals surface area (Å²) in [6.45, 7) is 5.77. The highest BCUT2D eigenvalue weighted by molar-refractivity contribution is 7.92. The molecule has 0 radical (unpaired) electrons. The Kier molecular flexibility index (Phi) is 8.78. The maximum atomic E-state index is 13.5. The summed E-state index contributed by atoms with van der Waals surface area (Å²) in [4.78, 5) is 12.9. The number of nitrogens with zero attached hydrogens (tertiary/aromatic N) is 2. The third-order valence-electron chi connectivity index (χ3n) is 6.21. The number of amides is 1. The second-order valence-corrected chi connectivity index (χ2v) is 11.1. The standard InChI is InChI=1S/C31H31N3O4S/c1-23-9-17-30(18-10-23)39(36,37)34(28-14-11-24(2)25(3)19-28)21-31(35)33-32-20-26-12-15-29(16-13-26)38-22-27-7-5-4-6-8-27/h4-20H,21-22H2,1-3H3,(H,33,35)/b32-20-. The van der Waals surface area contributed by atoms with E-state index in [1.54, 1.807) is 36.4 Å². The van der Waals surface area contributed by atoms with Gasteiger partial charge in [0.2, 0.25) is 0 Å². The highest BCUT2D eigenvalue weighted by Crippen LogP contribution is 2.26. The smallest absolute Gasteiger partial charge is 0.264 e. The minimum absolute atomic E-state index is 0.109. The second-order valence-electron chi connectivity index (χ2n) is 9.23. The van der Waals surface area contributed by atoms with Gasteiger partial charge in [0.1, 0.15) is 18.9 Å². The molecule has 7 nitrogen and oxygen atoms in total. The largest absolute Gasteiger partial charge is 0.489 e. The van der Waals surface area contributed by atoms with Gasteiger partial charge >= 0.3 is 0 Å². The van der Waals surface area contributed by atoms with E-state index in [-0.39, 0.29) is 4.90 Å². The molecule has 0 aromatic heterocycles. The first-order chi connectivity index (χ1) is 18.7. The quantitative estimate of drug-likeness (QED) is 0.211. The number of carbonyl (C=O) groups is 1. The maximum Gasteiger partial charge on any atom is 0.264 e. The molecule has 0 aliphatic carbocycles. The van der Waals surface area contributed by atoms with E-state index in [2.05, 4.69) is 10.5 Å². The molecular formula is C31H31N3O4S. The third-order valence-corrected chi connectivity index (χ3v) is 7.99. The summed E-state index contributed by atoms with van der Waals surface area (Å²) in [6, 6.07) is 29.0. The van der Waals surface area contributed by atoms with Gasteiger partial charge in [0.15, 0.2) is 0 Å². The Morgan fingerprint density at radius 3 is 2.23 bits per heavy atom. The molecule has 200 valence electrons. The van der Waals surface area contributed by atoms with E-state index < -0.39 is 22.5 Å². The van der Waals surface area contributed by atoms with Crippen LogP contribution in [0.5, 0.6) is 5.75 Å². The molecule has 0 saturated carbocycles. The van der Waals surface area contributed by atoms with Crippen molar-refractivity contribution in [3.8, 4) is 5.75 Å². The predicted octanol–water partition coefficient (Wildman–Crippen LogP) is 5.54. The number of hydrazone groups is 1. The Morgan fingerprint density at radius 2 is 1.56 bits per heavy atom. The van der Waals surface area contributed by atoms with Crippen LogP contribution in [-0.4, -0.2) is 27.1 Å². The van der Waals surface area contributed by atoms with Crippen molar-refractivity contribution in [3.05, 3.63) is 125 Å². The number of aryl methyl sites for hydroxylation is 3. The highest BCUT2D eigenvalue weighted by atomic mass is 32.2. The van der Waals surface area contributed by atoms with Gasteiger partial charge in [0, 0.05) is 0 Å². The molecule has 0 spiro atoms. The summed E-state index contributed by atoms with van der Waals surface area (Å²) in [5.41, 5.74) is 7.56. The lowest BCUT2D eigenvalue weighted by Crippen LogP contribution is -2.39. The van der Waals surface area contributed by atoms with E-state index in [1.807, 2.05) is 81.4 Å². The molecular weight excluding hydrogens is 510 g/mol. The van der Waals surface area contributed by atoms with Crippen LogP contribution in [0.15, 0.2) is 107 Å². The number of hydrogen-bond acceptors (Lipinski definition) is 5. The molecule has 1 amide bonds. The average molecular weight is 542 g/mol. The maximum absolute atomic E-state index is 13.5. The van der Waals surface area contributed by atoms with Crippen LogP contribution in [0.3, 0.4) is 0 Å². The van der Waals surface area contributed by atoms with Crippen molar-refractivity contribution in [2.45, 2.75) is 32.3 Å². The molecule has 1 N–H and O–H groups in total. The first-order valence-electron chi connectivity index (χ1n) is 12.5. The Bertz CT molecular complexity index is 1550. The van der Waals surface area contributed by atoms with Crippen molar-refractivity contribution in [2.24, 2.45) is 5.10 Å². The van der Waals surface area contributed by atoms with E-state index in [4.69, 9.17) is 4.74 Å². The Balaban J connectivity index is 1.43. The van der Waals surface area contributed by atoms with Gasteiger partial charge in [-0.05, 0) is 91.6 Å². The fraction of sp³-hybridized carbons (Fsp3) is 0.161. The minimum Gasteiger partial charge on any atom is -0.489 e. The summed E-state index contributed by atoms with van der Waals surface area (Å²) in [5.74, 6) is 0.147. The molecule has 4 aromatic rings. The second kappa shape index (κ2) is 12.4. The number of ether oxygens (including phenoxy) is 1. The number of benzene rings is 4. The topological polar surface area (TPSA) is 88.1 Å². The number of sulfonamides is 1. The molecule has 0 aliphatic heterocycles. The molecule has 0 unspecified atom stereocenters. The van der Waals surface area contributed by atoms with Crippen molar-refractivity contribution in [1.82, 2.24) is 5.43 Å². The van der Waals surface area contributed by atoms with Crippen LogP contribution >= 0.6 is 0 Å². The molecule has 0 atom stereocenters. The molecule has 39 heavy (non-hydrogen) atoms. The van der Waals surface area contributed by atoms with Crippen LogP contribution in [0.4, 0.5) is 5.69 Å². The third kappa shape index (κ3) is 7.33. The Hall–Kier alpha value is -4.43. The fourth-order valence-electron chi connectivity index (χ4n) is 3.77. The van der Waals surface area contributed by atoms with Gasteiger partial charge in [-0.1, -0.05) is 54.1 Å². The van der Waals surface area contributed by atoms with Gasteiger partial charge in [-0.15, -0.1) is 0 Å². The van der Waals surface area contributed by atoms with Gasteiger partial charge in [-0.2, -0.15) is 5.10 Å². The van der Waals surface area contributed by atoms with E-state index in [0.717, 1.165) is 32.1 Å². The zero-order valence-corrected chi connectivity index (χ0v) is 23.0. The van der Waals surface area contributed by atoms with Crippen LogP contribution in [0.1, 0.15) is 27.8 Å². The Morgan fingerprint density at radius 1 is 0.872 bits per heavy atom. The summed E-state index contributed by atoms with van der Waals surface area (Å²) < 4.78 is 34.0. The normalized spacial score (nSPS) is 11.4. The zero-order valence-electron chi connectivity index (χ0n) is 22.2. The van der Waals surface area contributed by atoms with Gasteiger partial charge in [-0.3, -0.25) is 9.10 Å². The van der Waals surface area contributed by atoms with E-state index in [0.29, 0.717) is 18.0 Å². The summed E-state index contributed by atoms with van der Waals surface area (Å²) in [6.07, 6.45) is 1.49. The van der Waals surface area contributed by atoms with Crippen LogP contribution in [0.2, 0.25) is 0 Å². The average Bonchev–Trinajstić information content (AvgIpc) is 2.93. The van der Waals surface area contributed by atoms with Gasteiger partial charge in [0.25, 0.3) is 15.9 Å². The highest BCUT2D eigenvalue weighted by Gasteiger charge is 2.27. The molecule has 0 aliphatic rings. The lowest BCUT2D eigenvalue weighted by Gasteiger charge is -2.24. The first-order valence-corrected chi connectivity index (χ1v) is 13.9. The van der Waals surface area contributed by atoms with Crippen molar-refractivity contribution in [2.75, 3.05) is 10.8 Å². The van der Waals surface area contributed by atoms with Crippen LogP contribution in [0, 0.1) is 20.8 Å². The number of anilines is 1. The summed E-state index contributed by atoms with van der Waals surface area (Å²) in [5, 5.41) is 4.02. The molecule has 8 heteroatoms. The number of hydrogen-bond donors (Lipinski definition) is 1. The molecule has 0 saturated heterocycles. The van der Waals surface area contributed by atoms with Gasteiger partial charge < -0.3 is 4.74 Å². The number of nitrogens with one attached hydrogen (secondary N) is 1. The first kappa shape index (κ1) is 27.6. The molecule has 0 fully saturated rings. The van der Waals surface area contributed by atoms with Crippen molar-refractivity contribution >= 4 is 27.8 Å². The lowest BCUT2D eigenvalue weighted by molar-refractivity contribution is -0.119. The predicted molar refractivity (Wildman–Crippen MR) is 155 cm³/mol. The summed E-state index contributed by atoms with van der Waals surface area (Å²) in [7, 11) is -4.00. The van der Waals surface area contributed by atoms with Crippen molar-refractivity contribution < 1.29 is 17.9 Å². The van der Waals surface area contributed by atoms with E-state index >= 15 is 0 Å². The van der Waals surface area contributed by atoms with Crippen LogP contribution in [0.25, 0.3) is 0 Å². The number of carbonyl (C=O) groups excluding carboxylic acids is 1. The number of rotatable bonds is 10. The van der Waals surface area contributed by atoms with Gasteiger partial charge in [-0.25, -0.2) is 13.8 Å². The van der Waals surface area contributed by atoms with Gasteiger partial charge in [0.05, 0.1) is 16.8 Å². The monoisotopic (exact) mass is 541 g/mol. The van der Waals surface area contributed by atoms with Crippen LogP contribution in [-0.2, 0) is 21.4 Å². The fourth-order valence-corrected chi connectivity index (χ4v) is 5.18. The van der Waals surface area contributed by atoms with Crippen molar-refractivity contribution in [3.63, 3.8) is 0 Å². The molecule has 0 heterocycles. The lowest BCUT2D eigenvalue weighted by atomic mass is 10.1. The van der Waals surface area contributed by atoms with E-state index in [9.17, 15) is 13.2 Å². The minimum atomic E-state index is -4.00. The molecule has 0 bridgehead atoms. The van der Waals surface area contributed by atoms with Crippen LogP contribution < -0.4 is 14.5 Å². The molecule has 4 aromatic carbocycles. The van der Waals surface area contributed by atoms with E-state index in [1.165, 1.54) is 6.21 Å². The molecule has 4 rings (SSSR count). The SMILES string of the molecule is Cc1ccc(S(=O)(=O)N(CC(=O)N/N=C\c2ccc(OCc3ccccc3)cc2)c2ccc(C)c(C)c2)cc1. The summed E-state index contributed by atoms with van der Waals surface area (Å²) >= 11 is 0. The Labute approximate surface area is 229 Å². The zero-order chi connectivity index (χ0) is 27.8.